The monoisotopic (exact) mass is 456 g/mol. The molecule has 2 rings (SSSR count). The molecule has 2 atom stereocenters. The number of nitrogens with zero attached hydrogens (tertiary/aromatic N) is 1. The Labute approximate surface area is 208 Å². The predicted molar refractivity (Wildman–Crippen MR) is 152 cm³/mol. The maximum atomic E-state index is 5.22. The predicted octanol–water partition coefficient (Wildman–Crippen LogP) is 8.03. The molecular formula is C32H44N2. The van der Waals surface area contributed by atoms with Gasteiger partial charge in [-0.05, 0) is 74.1 Å². The average Bonchev–Trinajstić information content (AvgIpc) is 2.89. The summed E-state index contributed by atoms with van der Waals surface area (Å²) >= 11 is 0. The highest BCUT2D eigenvalue weighted by Gasteiger charge is 2.27. The number of hydrogen-bond acceptors (Lipinski definition) is 2. The minimum Gasteiger partial charge on any atom is -0.319 e. The third-order valence-electron chi connectivity index (χ3n) is 6.61. The second kappa shape index (κ2) is 13.2. The highest BCUT2D eigenvalue weighted by Crippen LogP contribution is 2.39. The highest BCUT2D eigenvalue weighted by atomic mass is 14.8. The molecule has 2 nitrogen and oxygen atoms in total. The fourth-order valence-corrected chi connectivity index (χ4v) is 4.53. The molecule has 182 valence electrons. The number of benzene rings is 1. The van der Waals surface area contributed by atoms with E-state index in [1.807, 2.05) is 13.1 Å². The Balaban J connectivity index is 2.47. The Kier molecular flexibility index (Phi) is 10.7. The van der Waals surface area contributed by atoms with Gasteiger partial charge in [0, 0.05) is 5.41 Å². The molecule has 2 heteroatoms. The van der Waals surface area contributed by atoms with Gasteiger partial charge in [0.2, 0.25) is 0 Å². The zero-order valence-electron chi connectivity index (χ0n) is 22.4. The van der Waals surface area contributed by atoms with E-state index in [9.17, 15) is 0 Å². The molecule has 1 N–H and O–H groups in total. The van der Waals surface area contributed by atoms with Crippen molar-refractivity contribution < 1.29 is 0 Å². The summed E-state index contributed by atoms with van der Waals surface area (Å²) in [5, 5.41) is 3.26. The largest absolute Gasteiger partial charge is 0.319 e. The Morgan fingerprint density at radius 1 is 1.24 bits per heavy atom. The SMILES string of the molecule is C=C/C(=C(/C)C=CCC(C)CNC)C(C)(C)C1=CC(CC)N=C(c2ccccc2)/C(C)=C\C=C1. The van der Waals surface area contributed by atoms with E-state index >= 15 is 0 Å². The third-order valence-corrected chi connectivity index (χ3v) is 6.61. The first-order chi connectivity index (χ1) is 16.2. The van der Waals surface area contributed by atoms with Crippen LogP contribution in [0.4, 0.5) is 0 Å². The van der Waals surface area contributed by atoms with E-state index in [2.05, 4.69) is 120 Å². The van der Waals surface area contributed by atoms with Gasteiger partial charge in [0.1, 0.15) is 0 Å². The summed E-state index contributed by atoms with van der Waals surface area (Å²) in [4.78, 5) is 5.22. The molecule has 0 saturated heterocycles. The van der Waals surface area contributed by atoms with Gasteiger partial charge in [0.05, 0.1) is 11.8 Å². The van der Waals surface area contributed by atoms with Gasteiger partial charge < -0.3 is 5.32 Å². The van der Waals surface area contributed by atoms with Crippen LogP contribution >= 0.6 is 0 Å². The Hall–Kier alpha value is -2.71. The summed E-state index contributed by atoms with van der Waals surface area (Å²) in [5.74, 6) is 0.617. The van der Waals surface area contributed by atoms with E-state index in [0.717, 1.165) is 25.1 Å². The van der Waals surface area contributed by atoms with Crippen LogP contribution in [0, 0.1) is 11.3 Å². The van der Waals surface area contributed by atoms with Crippen molar-refractivity contribution in [1.82, 2.24) is 5.32 Å². The van der Waals surface area contributed by atoms with E-state index in [0.29, 0.717) is 5.92 Å². The van der Waals surface area contributed by atoms with Gasteiger partial charge in [0.15, 0.2) is 0 Å². The topological polar surface area (TPSA) is 24.4 Å². The molecule has 0 aliphatic carbocycles. The lowest BCUT2D eigenvalue weighted by molar-refractivity contribution is 0.549. The zero-order chi connectivity index (χ0) is 25.1. The van der Waals surface area contributed by atoms with E-state index in [1.54, 1.807) is 0 Å². The molecule has 0 spiro atoms. The van der Waals surface area contributed by atoms with Crippen LogP contribution in [0.2, 0.25) is 0 Å². The molecule has 0 amide bonds. The van der Waals surface area contributed by atoms with Gasteiger partial charge in [-0.15, -0.1) is 0 Å². The first-order valence-electron chi connectivity index (χ1n) is 12.6. The van der Waals surface area contributed by atoms with Crippen LogP contribution < -0.4 is 5.32 Å². The van der Waals surface area contributed by atoms with Crippen molar-refractivity contribution in [1.29, 1.82) is 0 Å². The molecule has 0 aromatic heterocycles. The first kappa shape index (κ1) is 27.5. The summed E-state index contributed by atoms with van der Waals surface area (Å²) in [5.41, 5.74) is 7.02. The standard InChI is InChI=1S/C32H44N2/c1-9-29-22-28(21-15-18-26(5)31(34-29)27-19-12-11-13-20-27)32(6,7)30(10-2)25(4)17-14-16-24(3)23-33-8/h10-15,17-22,24,29,33H,2,9,16,23H2,1,3-8H3/b17-14?,21-15?,26-18-,28-22?,30-25+,34-31?. The second-order valence-corrected chi connectivity index (χ2v) is 9.88. The van der Waals surface area contributed by atoms with Crippen molar-refractivity contribution in [3.05, 3.63) is 107 Å². The van der Waals surface area contributed by atoms with Crippen molar-refractivity contribution in [2.45, 2.75) is 60.4 Å². The summed E-state index contributed by atoms with van der Waals surface area (Å²) in [7, 11) is 2.01. The molecule has 1 aliphatic rings. The molecule has 0 saturated carbocycles. The fourth-order valence-electron chi connectivity index (χ4n) is 4.53. The number of rotatable bonds is 10. The molecule has 2 unspecified atom stereocenters. The quantitative estimate of drug-likeness (QED) is 0.354. The summed E-state index contributed by atoms with van der Waals surface area (Å²) in [6.07, 6.45) is 17.5. The van der Waals surface area contributed by atoms with Crippen molar-refractivity contribution in [2.24, 2.45) is 16.3 Å². The fraction of sp³-hybridized carbons (Fsp3) is 0.406. The maximum absolute atomic E-state index is 5.22. The van der Waals surface area contributed by atoms with Gasteiger partial charge in [0.25, 0.3) is 0 Å². The van der Waals surface area contributed by atoms with Crippen LogP contribution in [-0.2, 0) is 0 Å². The number of hydrogen-bond donors (Lipinski definition) is 1. The van der Waals surface area contributed by atoms with Crippen molar-refractivity contribution in [3.8, 4) is 0 Å². The lowest BCUT2D eigenvalue weighted by Crippen LogP contribution is -2.19. The van der Waals surface area contributed by atoms with Gasteiger partial charge in [-0.2, -0.15) is 0 Å². The average molecular weight is 457 g/mol. The Morgan fingerprint density at radius 3 is 2.56 bits per heavy atom. The Bertz CT molecular complexity index is 997. The molecular weight excluding hydrogens is 412 g/mol. The molecule has 1 aromatic carbocycles. The number of aliphatic imine (C=N–C) groups is 1. The van der Waals surface area contributed by atoms with Crippen molar-refractivity contribution >= 4 is 5.71 Å². The first-order valence-corrected chi connectivity index (χ1v) is 12.6. The minimum atomic E-state index is -0.189. The molecule has 0 fully saturated rings. The van der Waals surface area contributed by atoms with E-state index in [1.165, 1.54) is 27.9 Å². The lowest BCUT2D eigenvalue weighted by atomic mass is 9.74. The Morgan fingerprint density at radius 2 is 1.94 bits per heavy atom. The van der Waals surface area contributed by atoms with E-state index in [-0.39, 0.29) is 11.5 Å². The molecule has 1 aromatic rings. The van der Waals surface area contributed by atoms with Gasteiger partial charge in [-0.1, -0.05) is 107 Å². The lowest BCUT2D eigenvalue weighted by Gasteiger charge is -2.30. The van der Waals surface area contributed by atoms with Gasteiger partial charge in [-0.25, -0.2) is 0 Å². The van der Waals surface area contributed by atoms with Crippen LogP contribution in [0.3, 0.4) is 0 Å². The van der Waals surface area contributed by atoms with Gasteiger partial charge >= 0.3 is 0 Å². The van der Waals surface area contributed by atoms with Crippen LogP contribution in [0.15, 0.2) is 107 Å². The summed E-state index contributed by atoms with van der Waals surface area (Å²) in [6.45, 7) is 18.6. The highest BCUT2D eigenvalue weighted by molar-refractivity contribution is 6.12. The molecule has 1 heterocycles. The third kappa shape index (κ3) is 7.40. The smallest absolute Gasteiger partial charge is 0.0690 e. The molecule has 0 radical (unpaired) electrons. The minimum absolute atomic E-state index is 0.111. The normalized spacial score (nSPS) is 20.3. The van der Waals surface area contributed by atoms with Gasteiger partial charge in [-0.3, -0.25) is 4.99 Å². The maximum Gasteiger partial charge on any atom is 0.0690 e. The summed E-state index contributed by atoms with van der Waals surface area (Å²) in [6, 6.07) is 10.6. The zero-order valence-corrected chi connectivity index (χ0v) is 22.4. The van der Waals surface area contributed by atoms with E-state index < -0.39 is 0 Å². The molecule has 1 aliphatic heterocycles. The van der Waals surface area contributed by atoms with Crippen LogP contribution in [-0.4, -0.2) is 25.3 Å². The van der Waals surface area contributed by atoms with Crippen molar-refractivity contribution in [3.63, 3.8) is 0 Å². The van der Waals surface area contributed by atoms with Crippen LogP contribution in [0.25, 0.3) is 0 Å². The van der Waals surface area contributed by atoms with Crippen LogP contribution in [0.1, 0.15) is 59.9 Å². The molecule has 34 heavy (non-hydrogen) atoms. The number of allylic oxidation sites excluding steroid dienone is 10. The van der Waals surface area contributed by atoms with E-state index in [4.69, 9.17) is 4.99 Å². The number of nitrogens with one attached hydrogen (secondary N) is 1. The van der Waals surface area contributed by atoms with Crippen molar-refractivity contribution in [2.75, 3.05) is 13.6 Å². The second-order valence-electron chi connectivity index (χ2n) is 9.88. The molecule has 0 bridgehead atoms. The summed E-state index contributed by atoms with van der Waals surface area (Å²) < 4.78 is 0. The van der Waals surface area contributed by atoms with Crippen LogP contribution in [0.5, 0.6) is 0 Å².